The molecule has 0 fully saturated rings. The van der Waals surface area contributed by atoms with Gasteiger partial charge in [0.05, 0.1) is 24.8 Å². The maximum Gasteiger partial charge on any atom is 0.141 e. The van der Waals surface area contributed by atoms with Crippen LogP contribution >= 0.6 is 0 Å². The molecule has 0 saturated heterocycles. The van der Waals surface area contributed by atoms with Crippen LogP contribution in [-0.4, -0.2) is 14.5 Å². The van der Waals surface area contributed by atoms with Crippen molar-refractivity contribution in [3.8, 4) is 0 Å². The smallest absolute Gasteiger partial charge is 0.141 e. The Balaban J connectivity index is 1.88. The number of pyridine rings is 1. The highest BCUT2D eigenvalue weighted by Gasteiger charge is 2.15. The number of halogens is 1. The van der Waals surface area contributed by atoms with E-state index in [-0.39, 0.29) is 5.82 Å². The molecular formula is C13H14FN3. The molecule has 88 valence electrons. The SMILES string of the molecule is Fc1cncc(Cn2cnc3c2CCCC3)c1. The molecule has 1 aliphatic rings. The van der Waals surface area contributed by atoms with Crippen molar-refractivity contribution in [3.63, 3.8) is 0 Å². The average molecular weight is 231 g/mol. The molecule has 0 radical (unpaired) electrons. The van der Waals surface area contributed by atoms with Gasteiger partial charge in [0.1, 0.15) is 5.82 Å². The Morgan fingerprint density at radius 3 is 3.00 bits per heavy atom. The Labute approximate surface area is 99.3 Å². The summed E-state index contributed by atoms with van der Waals surface area (Å²) < 4.78 is 15.2. The van der Waals surface area contributed by atoms with E-state index in [1.165, 1.54) is 36.5 Å². The third-order valence-corrected chi connectivity index (χ3v) is 3.22. The Hall–Kier alpha value is -1.71. The van der Waals surface area contributed by atoms with Gasteiger partial charge in [-0.25, -0.2) is 9.37 Å². The molecule has 0 bridgehead atoms. The van der Waals surface area contributed by atoms with Crippen LogP contribution < -0.4 is 0 Å². The van der Waals surface area contributed by atoms with Gasteiger partial charge < -0.3 is 4.57 Å². The fourth-order valence-electron chi connectivity index (χ4n) is 2.41. The quantitative estimate of drug-likeness (QED) is 0.794. The highest BCUT2D eigenvalue weighted by atomic mass is 19.1. The van der Waals surface area contributed by atoms with Gasteiger partial charge in [0.15, 0.2) is 0 Å². The van der Waals surface area contributed by atoms with Crippen molar-refractivity contribution >= 4 is 0 Å². The van der Waals surface area contributed by atoms with E-state index >= 15 is 0 Å². The third-order valence-electron chi connectivity index (χ3n) is 3.22. The molecule has 0 atom stereocenters. The van der Waals surface area contributed by atoms with E-state index in [2.05, 4.69) is 14.5 Å². The zero-order valence-corrected chi connectivity index (χ0v) is 9.56. The summed E-state index contributed by atoms with van der Waals surface area (Å²) in [6.45, 7) is 0.660. The lowest BCUT2D eigenvalue weighted by Crippen LogP contribution is -2.09. The lowest BCUT2D eigenvalue weighted by molar-refractivity contribution is 0.608. The molecule has 3 nitrogen and oxygen atoms in total. The Morgan fingerprint density at radius 1 is 1.24 bits per heavy atom. The summed E-state index contributed by atoms with van der Waals surface area (Å²) >= 11 is 0. The number of imidazole rings is 1. The van der Waals surface area contributed by atoms with Crippen LogP contribution in [0.15, 0.2) is 24.8 Å². The van der Waals surface area contributed by atoms with Crippen molar-refractivity contribution in [2.45, 2.75) is 32.2 Å². The summed E-state index contributed by atoms with van der Waals surface area (Å²) in [4.78, 5) is 8.29. The van der Waals surface area contributed by atoms with Gasteiger partial charge in [-0.15, -0.1) is 0 Å². The van der Waals surface area contributed by atoms with E-state index < -0.39 is 0 Å². The second kappa shape index (κ2) is 4.28. The molecule has 0 saturated carbocycles. The zero-order chi connectivity index (χ0) is 11.7. The normalized spacial score (nSPS) is 14.6. The number of hydrogen-bond donors (Lipinski definition) is 0. The minimum Gasteiger partial charge on any atom is -0.330 e. The van der Waals surface area contributed by atoms with Gasteiger partial charge in [0.25, 0.3) is 0 Å². The predicted octanol–water partition coefficient (Wildman–Crippen LogP) is 2.34. The van der Waals surface area contributed by atoms with Crippen LogP contribution in [0.4, 0.5) is 4.39 Å². The second-order valence-electron chi connectivity index (χ2n) is 4.48. The fraction of sp³-hybridized carbons (Fsp3) is 0.385. The number of rotatable bonds is 2. The third kappa shape index (κ3) is 2.07. The number of fused-ring (bicyclic) bond motifs is 1. The first-order valence-electron chi connectivity index (χ1n) is 5.95. The summed E-state index contributed by atoms with van der Waals surface area (Å²) in [5, 5.41) is 0. The molecule has 2 aromatic rings. The van der Waals surface area contributed by atoms with Crippen molar-refractivity contribution in [2.75, 3.05) is 0 Å². The molecule has 0 amide bonds. The summed E-state index contributed by atoms with van der Waals surface area (Å²) in [6, 6.07) is 1.53. The summed E-state index contributed by atoms with van der Waals surface area (Å²) in [6.07, 6.45) is 9.40. The van der Waals surface area contributed by atoms with Gasteiger partial charge in [-0.1, -0.05) is 0 Å². The highest BCUT2D eigenvalue weighted by Crippen LogP contribution is 2.20. The number of aryl methyl sites for hydroxylation is 1. The summed E-state index contributed by atoms with van der Waals surface area (Å²) in [7, 11) is 0. The van der Waals surface area contributed by atoms with E-state index in [1.54, 1.807) is 6.20 Å². The minimum absolute atomic E-state index is 0.281. The molecule has 0 aliphatic heterocycles. The maximum absolute atomic E-state index is 13.0. The number of nitrogens with zero attached hydrogens (tertiary/aromatic N) is 3. The molecular weight excluding hydrogens is 217 g/mol. The minimum atomic E-state index is -0.281. The van der Waals surface area contributed by atoms with E-state index in [9.17, 15) is 4.39 Å². The molecule has 17 heavy (non-hydrogen) atoms. The van der Waals surface area contributed by atoms with Crippen molar-refractivity contribution in [3.05, 3.63) is 47.6 Å². The van der Waals surface area contributed by atoms with Gasteiger partial charge in [-0.2, -0.15) is 0 Å². The van der Waals surface area contributed by atoms with Crippen LogP contribution in [0.25, 0.3) is 0 Å². The van der Waals surface area contributed by atoms with Crippen LogP contribution in [-0.2, 0) is 19.4 Å². The van der Waals surface area contributed by atoms with Crippen molar-refractivity contribution in [1.82, 2.24) is 14.5 Å². The van der Waals surface area contributed by atoms with Gasteiger partial charge in [0, 0.05) is 11.9 Å². The van der Waals surface area contributed by atoms with Gasteiger partial charge in [-0.3, -0.25) is 4.98 Å². The monoisotopic (exact) mass is 231 g/mol. The molecule has 2 heterocycles. The lowest BCUT2D eigenvalue weighted by atomic mass is 10.0. The first kappa shape index (κ1) is 10.4. The Bertz CT molecular complexity index is 533. The molecule has 0 unspecified atom stereocenters. The molecule has 2 aromatic heterocycles. The largest absolute Gasteiger partial charge is 0.330 e. The molecule has 0 N–H and O–H groups in total. The van der Waals surface area contributed by atoms with Crippen molar-refractivity contribution in [2.24, 2.45) is 0 Å². The van der Waals surface area contributed by atoms with Crippen LogP contribution in [0.5, 0.6) is 0 Å². The van der Waals surface area contributed by atoms with E-state index in [1.807, 2.05) is 6.33 Å². The van der Waals surface area contributed by atoms with E-state index in [0.717, 1.165) is 18.4 Å². The molecule has 3 rings (SSSR count). The van der Waals surface area contributed by atoms with Crippen LogP contribution in [0.1, 0.15) is 29.8 Å². The van der Waals surface area contributed by atoms with E-state index in [4.69, 9.17) is 0 Å². The first-order chi connectivity index (χ1) is 8.33. The molecule has 1 aliphatic carbocycles. The fourth-order valence-corrected chi connectivity index (χ4v) is 2.41. The molecule has 0 aromatic carbocycles. The number of hydrogen-bond acceptors (Lipinski definition) is 2. The van der Waals surface area contributed by atoms with Gasteiger partial charge in [-0.05, 0) is 37.3 Å². The lowest BCUT2D eigenvalue weighted by Gasteiger charge is -2.13. The highest BCUT2D eigenvalue weighted by molar-refractivity contribution is 5.19. The maximum atomic E-state index is 13.0. The second-order valence-corrected chi connectivity index (χ2v) is 4.48. The number of aromatic nitrogens is 3. The van der Waals surface area contributed by atoms with Gasteiger partial charge >= 0.3 is 0 Å². The Kier molecular flexibility index (Phi) is 2.63. The summed E-state index contributed by atoms with van der Waals surface area (Å²) in [5.74, 6) is -0.281. The van der Waals surface area contributed by atoms with Crippen LogP contribution in [0, 0.1) is 5.82 Å². The standard InChI is InChI=1S/C13H14FN3/c14-11-5-10(6-15-7-11)8-17-9-16-12-3-1-2-4-13(12)17/h5-7,9H,1-4,8H2. The average Bonchev–Trinajstić information content (AvgIpc) is 2.73. The molecule has 4 heteroatoms. The predicted molar refractivity (Wildman–Crippen MR) is 62.2 cm³/mol. The van der Waals surface area contributed by atoms with Gasteiger partial charge in [0.2, 0.25) is 0 Å². The van der Waals surface area contributed by atoms with Crippen LogP contribution in [0.2, 0.25) is 0 Å². The topological polar surface area (TPSA) is 30.7 Å². The zero-order valence-electron chi connectivity index (χ0n) is 9.56. The first-order valence-corrected chi connectivity index (χ1v) is 5.95. The Morgan fingerprint density at radius 2 is 2.12 bits per heavy atom. The summed E-state index contributed by atoms with van der Waals surface area (Å²) in [5.41, 5.74) is 3.40. The van der Waals surface area contributed by atoms with Crippen molar-refractivity contribution in [1.29, 1.82) is 0 Å². The van der Waals surface area contributed by atoms with Crippen LogP contribution in [0.3, 0.4) is 0 Å². The van der Waals surface area contributed by atoms with Crippen molar-refractivity contribution < 1.29 is 4.39 Å². The van der Waals surface area contributed by atoms with E-state index in [0.29, 0.717) is 6.54 Å². The molecule has 0 spiro atoms.